The van der Waals surface area contributed by atoms with Crippen molar-refractivity contribution < 1.29 is 14.3 Å². The fourth-order valence-electron chi connectivity index (χ4n) is 0.780. The first-order valence-electron chi connectivity index (χ1n) is 4.67. The smallest absolute Gasteiger partial charge is 0.328 e. The molecular formula is C10H18N2O3. The maximum atomic E-state index is 11.4. The van der Waals surface area contributed by atoms with Crippen LogP contribution >= 0.6 is 0 Å². The lowest BCUT2D eigenvalue weighted by Crippen LogP contribution is -2.45. The van der Waals surface area contributed by atoms with Crippen LogP contribution in [0.1, 0.15) is 27.7 Å². The van der Waals surface area contributed by atoms with E-state index < -0.39 is 23.6 Å². The van der Waals surface area contributed by atoms with Crippen LogP contribution in [-0.4, -0.2) is 23.6 Å². The van der Waals surface area contributed by atoms with Crippen molar-refractivity contribution in [3.63, 3.8) is 0 Å². The summed E-state index contributed by atoms with van der Waals surface area (Å²) >= 11 is 0. The Bertz CT molecular complexity index is 256. The SMILES string of the molecule is C=CNC(=O)N[C@H](C)C(=O)OC(C)(C)C. The summed E-state index contributed by atoms with van der Waals surface area (Å²) in [5.41, 5.74) is -0.554. The van der Waals surface area contributed by atoms with Crippen molar-refractivity contribution in [3.05, 3.63) is 12.8 Å². The number of amides is 2. The van der Waals surface area contributed by atoms with Gasteiger partial charge >= 0.3 is 12.0 Å². The molecule has 0 aliphatic carbocycles. The van der Waals surface area contributed by atoms with Gasteiger partial charge in [-0.2, -0.15) is 0 Å². The zero-order valence-corrected chi connectivity index (χ0v) is 9.59. The lowest BCUT2D eigenvalue weighted by atomic mass is 10.2. The van der Waals surface area contributed by atoms with E-state index in [0.717, 1.165) is 0 Å². The van der Waals surface area contributed by atoms with Gasteiger partial charge in [-0.15, -0.1) is 0 Å². The van der Waals surface area contributed by atoms with E-state index in [2.05, 4.69) is 17.2 Å². The summed E-state index contributed by atoms with van der Waals surface area (Å²) in [5, 5.41) is 4.71. The normalized spacial score (nSPS) is 12.5. The van der Waals surface area contributed by atoms with Crippen molar-refractivity contribution in [3.8, 4) is 0 Å². The highest BCUT2D eigenvalue weighted by atomic mass is 16.6. The number of carbonyl (C=O) groups excluding carboxylic acids is 2. The van der Waals surface area contributed by atoms with Gasteiger partial charge < -0.3 is 15.4 Å². The summed E-state index contributed by atoms with van der Waals surface area (Å²) in [4.78, 5) is 22.4. The predicted molar refractivity (Wildman–Crippen MR) is 57.2 cm³/mol. The molecule has 0 aliphatic heterocycles. The zero-order valence-electron chi connectivity index (χ0n) is 9.59. The van der Waals surface area contributed by atoms with Crippen LogP contribution in [0.2, 0.25) is 0 Å². The molecule has 15 heavy (non-hydrogen) atoms. The number of urea groups is 1. The molecule has 0 aromatic rings. The molecule has 0 saturated heterocycles. The van der Waals surface area contributed by atoms with Crippen LogP contribution < -0.4 is 10.6 Å². The number of ether oxygens (including phenoxy) is 1. The van der Waals surface area contributed by atoms with E-state index in [1.807, 2.05) is 0 Å². The van der Waals surface area contributed by atoms with Gasteiger partial charge in [0.2, 0.25) is 0 Å². The van der Waals surface area contributed by atoms with Crippen LogP contribution in [0.15, 0.2) is 12.8 Å². The molecule has 0 aromatic carbocycles. The molecule has 0 unspecified atom stereocenters. The highest BCUT2D eigenvalue weighted by molar-refractivity contribution is 5.83. The molecule has 0 spiro atoms. The number of esters is 1. The van der Waals surface area contributed by atoms with Crippen molar-refractivity contribution in [2.75, 3.05) is 0 Å². The first kappa shape index (κ1) is 13.5. The first-order valence-corrected chi connectivity index (χ1v) is 4.67. The molecule has 5 nitrogen and oxygen atoms in total. The Morgan fingerprint density at radius 1 is 1.40 bits per heavy atom. The molecular weight excluding hydrogens is 196 g/mol. The van der Waals surface area contributed by atoms with Crippen LogP contribution in [0.5, 0.6) is 0 Å². The number of carbonyl (C=O) groups is 2. The Labute approximate surface area is 89.9 Å². The molecule has 0 heterocycles. The van der Waals surface area contributed by atoms with E-state index in [-0.39, 0.29) is 0 Å². The predicted octanol–water partition coefficient (Wildman–Crippen LogP) is 1.16. The maximum absolute atomic E-state index is 11.4. The van der Waals surface area contributed by atoms with Crippen molar-refractivity contribution in [1.82, 2.24) is 10.6 Å². The molecule has 0 aliphatic rings. The second kappa shape index (κ2) is 5.38. The Morgan fingerprint density at radius 3 is 2.33 bits per heavy atom. The lowest BCUT2D eigenvalue weighted by molar-refractivity contribution is -0.156. The lowest BCUT2D eigenvalue weighted by Gasteiger charge is -2.22. The maximum Gasteiger partial charge on any atom is 0.328 e. The average molecular weight is 214 g/mol. The molecule has 1 atom stereocenters. The summed E-state index contributed by atoms with van der Waals surface area (Å²) in [6.07, 6.45) is 1.23. The van der Waals surface area contributed by atoms with Crippen LogP contribution in [0.25, 0.3) is 0 Å². The molecule has 5 heteroatoms. The molecule has 0 rings (SSSR count). The molecule has 0 aromatic heterocycles. The standard InChI is InChI=1S/C10H18N2O3/c1-6-11-9(14)12-7(2)8(13)15-10(3,4)5/h6-7H,1H2,2-5H3,(H2,11,12,14)/t7-/m1/s1. The fourth-order valence-corrected chi connectivity index (χ4v) is 0.780. The number of hydrogen-bond acceptors (Lipinski definition) is 3. The topological polar surface area (TPSA) is 67.4 Å². The van der Waals surface area contributed by atoms with E-state index in [1.165, 1.54) is 6.20 Å². The van der Waals surface area contributed by atoms with Gasteiger partial charge in [-0.25, -0.2) is 9.59 Å². The van der Waals surface area contributed by atoms with E-state index in [1.54, 1.807) is 27.7 Å². The van der Waals surface area contributed by atoms with Gasteiger partial charge in [-0.1, -0.05) is 6.58 Å². The molecule has 0 fully saturated rings. The highest BCUT2D eigenvalue weighted by Gasteiger charge is 2.22. The summed E-state index contributed by atoms with van der Waals surface area (Å²) in [5.74, 6) is -0.471. The van der Waals surface area contributed by atoms with Gasteiger partial charge in [0.15, 0.2) is 0 Å². The van der Waals surface area contributed by atoms with Crippen LogP contribution in [0.4, 0.5) is 4.79 Å². The summed E-state index contributed by atoms with van der Waals surface area (Å²) in [6.45, 7) is 10.2. The van der Waals surface area contributed by atoms with Crippen LogP contribution in [0, 0.1) is 0 Å². The van der Waals surface area contributed by atoms with E-state index in [0.29, 0.717) is 0 Å². The second-order valence-electron chi connectivity index (χ2n) is 4.08. The molecule has 86 valence electrons. The monoisotopic (exact) mass is 214 g/mol. The number of rotatable bonds is 3. The third-order valence-corrected chi connectivity index (χ3v) is 1.34. The summed E-state index contributed by atoms with van der Waals surface area (Å²) in [6, 6.07) is -1.17. The van der Waals surface area contributed by atoms with E-state index in [4.69, 9.17) is 4.74 Å². The largest absolute Gasteiger partial charge is 0.458 e. The van der Waals surface area contributed by atoms with Gasteiger partial charge in [0.05, 0.1) is 0 Å². The average Bonchev–Trinajstić information content (AvgIpc) is 2.00. The van der Waals surface area contributed by atoms with Crippen molar-refractivity contribution >= 4 is 12.0 Å². The summed E-state index contributed by atoms with van der Waals surface area (Å²) < 4.78 is 5.07. The summed E-state index contributed by atoms with van der Waals surface area (Å²) in [7, 11) is 0. The van der Waals surface area contributed by atoms with E-state index >= 15 is 0 Å². The molecule has 2 amide bonds. The minimum Gasteiger partial charge on any atom is -0.458 e. The Balaban J connectivity index is 4.10. The molecule has 0 radical (unpaired) electrons. The molecule has 2 N–H and O–H groups in total. The highest BCUT2D eigenvalue weighted by Crippen LogP contribution is 2.08. The quantitative estimate of drug-likeness (QED) is 0.693. The van der Waals surface area contributed by atoms with Crippen molar-refractivity contribution in [2.45, 2.75) is 39.3 Å². The van der Waals surface area contributed by atoms with Gasteiger partial charge in [-0.3, -0.25) is 0 Å². The van der Waals surface area contributed by atoms with Gasteiger partial charge in [0, 0.05) is 0 Å². The zero-order chi connectivity index (χ0) is 12.1. The van der Waals surface area contributed by atoms with Gasteiger partial charge in [0.25, 0.3) is 0 Å². The second-order valence-corrected chi connectivity index (χ2v) is 4.08. The molecule has 0 bridgehead atoms. The number of hydrogen-bond donors (Lipinski definition) is 2. The van der Waals surface area contributed by atoms with Gasteiger partial charge in [0.1, 0.15) is 11.6 Å². The Morgan fingerprint density at radius 2 is 1.93 bits per heavy atom. The molecule has 0 saturated carbocycles. The van der Waals surface area contributed by atoms with E-state index in [9.17, 15) is 9.59 Å². The minimum atomic E-state index is -0.691. The third-order valence-electron chi connectivity index (χ3n) is 1.34. The van der Waals surface area contributed by atoms with Crippen LogP contribution in [-0.2, 0) is 9.53 Å². The fraction of sp³-hybridized carbons (Fsp3) is 0.600. The Kier molecular flexibility index (Phi) is 4.84. The van der Waals surface area contributed by atoms with Crippen molar-refractivity contribution in [2.24, 2.45) is 0 Å². The number of nitrogens with one attached hydrogen (secondary N) is 2. The van der Waals surface area contributed by atoms with Crippen molar-refractivity contribution in [1.29, 1.82) is 0 Å². The minimum absolute atomic E-state index is 0.471. The first-order chi connectivity index (χ1) is 6.76. The third kappa shape index (κ3) is 6.54. The Hall–Kier alpha value is -1.52. The van der Waals surface area contributed by atoms with Crippen LogP contribution in [0.3, 0.4) is 0 Å². The van der Waals surface area contributed by atoms with Gasteiger partial charge in [-0.05, 0) is 33.9 Å².